The molecule has 1 N–H and O–H groups in total. The van der Waals surface area contributed by atoms with Crippen molar-refractivity contribution in [3.8, 4) is 0 Å². The Morgan fingerprint density at radius 3 is 2.67 bits per heavy atom. The maximum atomic E-state index is 13.4. The predicted octanol–water partition coefficient (Wildman–Crippen LogP) is 3.67. The van der Waals surface area contributed by atoms with Crippen LogP contribution < -0.4 is 5.43 Å². The zero-order valence-corrected chi connectivity index (χ0v) is 13.9. The summed E-state index contributed by atoms with van der Waals surface area (Å²) in [4.78, 5) is 22.1. The summed E-state index contributed by atoms with van der Waals surface area (Å²) >= 11 is 0. The Morgan fingerprint density at radius 2 is 2.12 bits per heavy atom. The second kappa shape index (κ2) is 5.36. The summed E-state index contributed by atoms with van der Waals surface area (Å²) in [5.41, 5.74) is 2.84. The smallest absolute Gasteiger partial charge is 0.267 e. The van der Waals surface area contributed by atoms with Crippen molar-refractivity contribution in [3.05, 3.63) is 39.7 Å². The van der Waals surface area contributed by atoms with Gasteiger partial charge in [-0.2, -0.15) is 9.49 Å². The highest BCUT2D eigenvalue weighted by atomic mass is 19.1. The van der Waals surface area contributed by atoms with Crippen LogP contribution in [0.2, 0.25) is 0 Å². The minimum absolute atomic E-state index is 0.0139. The number of nitro groups is 1. The number of hydrogen-bond donors (Lipinski definition) is 1. The highest BCUT2D eigenvalue weighted by Gasteiger charge is 2.60. The Hall–Kier alpha value is -2.31. The maximum absolute atomic E-state index is 13.4. The molecule has 1 aromatic rings. The monoisotopic (exact) mass is 333 g/mol. The lowest BCUT2D eigenvalue weighted by Gasteiger charge is -2.34. The van der Waals surface area contributed by atoms with Gasteiger partial charge in [-0.05, 0) is 42.7 Å². The Morgan fingerprint density at radius 1 is 1.42 bits per heavy atom. The van der Waals surface area contributed by atoms with Crippen molar-refractivity contribution in [2.75, 3.05) is 0 Å². The zero-order valence-electron chi connectivity index (χ0n) is 13.9. The van der Waals surface area contributed by atoms with Crippen LogP contribution in [0.15, 0.2) is 23.3 Å². The third kappa shape index (κ3) is 2.30. The third-order valence-electron chi connectivity index (χ3n) is 6.21. The van der Waals surface area contributed by atoms with Gasteiger partial charge in [0.1, 0.15) is 0 Å². The van der Waals surface area contributed by atoms with Crippen molar-refractivity contribution in [3.63, 3.8) is 0 Å². The first kappa shape index (κ1) is 16.5. The van der Waals surface area contributed by atoms with Crippen molar-refractivity contribution < 1.29 is 14.1 Å². The van der Waals surface area contributed by atoms with Crippen LogP contribution in [0.4, 0.5) is 10.1 Å². The molecule has 0 heterocycles. The van der Waals surface area contributed by atoms with Gasteiger partial charge >= 0.3 is 5.69 Å². The van der Waals surface area contributed by atoms with E-state index < -0.39 is 22.3 Å². The van der Waals surface area contributed by atoms with Gasteiger partial charge in [0, 0.05) is 22.8 Å². The Labute approximate surface area is 139 Å². The quantitative estimate of drug-likeness (QED) is 0.676. The zero-order chi connectivity index (χ0) is 17.7. The fourth-order valence-corrected chi connectivity index (χ4v) is 4.07. The van der Waals surface area contributed by atoms with Crippen LogP contribution in [0.25, 0.3) is 0 Å². The summed E-state index contributed by atoms with van der Waals surface area (Å²) < 4.78 is 13.4. The number of hydrogen-bond acceptors (Lipinski definition) is 4. The maximum Gasteiger partial charge on any atom is 0.305 e. The summed E-state index contributed by atoms with van der Waals surface area (Å²) in [6.07, 6.45) is 3.06. The number of fused-ring (bicyclic) bond motifs is 2. The predicted molar refractivity (Wildman–Crippen MR) is 87.2 cm³/mol. The lowest BCUT2D eigenvalue weighted by atomic mass is 9.70. The number of carbonyl (C=O) groups is 1. The molecule has 0 saturated heterocycles. The van der Waals surface area contributed by atoms with Crippen molar-refractivity contribution in [1.82, 2.24) is 5.43 Å². The third-order valence-corrected chi connectivity index (χ3v) is 6.21. The van der Waals surface area contributed by atoms with E-state index in [1.807, 2.05) is 0 Å². The molecule has 2 saturated carbocycles. The average molecular weight is 333 g/mol. The molecule has 0 aliphatic heterocycles. The largest absolute Gasteiger partial charge is 0.305 e. The van der Waals surface area contributed by atoms with E-state index in [1.54, 1.807) is 0 Å². The topological polar surface area (TPSA) is 84.6 Å². The second-order valence-electron chi connectivity index (χ2n) is 7.42. The van der Waals surface area contributed by atoms with Crippen LogP contribution in [0.5, 0.6) is 0 Å². The lowest BCUT2D eigenvalue weighted by molar-refractivity contribution is -0.387. The molecule has 2 atom stereocenters. The van der Waals surface area contributed by atoms with E-state index in [0.29, 0.717) is 5.92 Å². The summed E-state index contributed by atoms with van der Waals surface area (Å²) in [6.45, 7) is 6.64. The molecule has 2 fully saturated rings. The van der Waals surface area contributed by atoms with Crippen molar-refractivity contribution in [2.45, 2.75) is 40.0 Å². The van der Waals surface area contributed by atoms with Gasteiger partial charge in [0.2, 0.25) is 5.82 Å². The number of nitrogens with one attached hydrogen (secondary N) is 1. The van der Waals surface area contributed by atoms with E-state index in [4.69, 9.17) is 0 Å². The van der Waals surface area contributed by atoms with Crippen molar-refractivity contribution in [2.24, 2.45) is 21.8 Å². The molecule has 0 spiro atoms. The number of nitrogens with zero attached hydrogens (tertiary/aromatic N) is 2. The van der Waals surface area contributed by atoms with Crippen molar-refractivity contribution in [1.29, 1.82) is 0 Å². The summed E-state index contributed by atoms with van der Waals surface area (Å²) in [6, 6.07) is 3.06. The van der Waals surface area contributed by atoms with Gasteiger partial charge in [-0.1, -0.05) is 20.8 Å². The van der Waals surface area contributed by atoms with Crippen LogP contribution in [-0.2, 0) is 0 Å². The van der Waals surface area contributed by atoms with Gasteiger partial charge < -0.3 is 0 Å². The van der Waals surface area contributed by atoms with E-state index in [1.165, 1.54) is 12.5 Å². The number of hydrazone groups is 1. The molecule has 2 aliphatic rings. The summed E-state index contributed by atoms with van der Waals surface area (Å²) in [5.74, 6) is -0.981. The number of benzene rings is 1. The lowest BCUT2D eigenvalue weighted by Crippen LogP contribution is -2.34. The second-order valence-corrected chi connectivity index (χ2v) is 7.42. The molecule has 0 unspecified atom stereocenters. The van der Waals surface area contributed by atoms with Gasteiger partial charge in [0.05, 0.1) is 4.92 Å². The molecule has 1 aromatic carbocycles. The number of carbonyl (C=O) groups excluding carboxylic acids is 1. The molecule has 7 heteroatoms. The van der Waals surface area contributed by atoms with Crippen LogP contribution in [-0.4, -0.2) is 16.5 Å². The van der Waals surface area contributed by atoms with E-state index in [-0.39, 0.29) is 16.4 Å². The first-order valence-electron chi connectivity index (χ1n) is 7.98. The molecule has 128 valence electrons. The Kier molecular flexibility index (Phi) is 3.69. The normalized spacial score (nSPS) is 29.0. The molecule has 0 radical (unpaired) electrons. The van der Waals surface area contributed by atoms with Gasteiger partial charge in [-0.25, -0.2) is 5.43 Å². The first-order valence-corrected chi connectivity index (χ1v) is 7.98. The van der Waals surface area contributed by atoms with Crippen LogP contribution >= 0.6 is 0 Å². The standard InChI is InChI=1S/C17H20FN3O3/c1-16(2)11-6-7-17(16,3)14(9-11)19-20-15(22)10-4-5-12(18)13(8-10)21(23)24/h4-5,8,11H,6-7,9H2,1-3H3,(H,20,22)/b19-14+/t11-,17-/m1/s1. The van der Waals surface area contributed by atoms with E-state index >= 15 is 0 Å². The SMILES string of the molecule is CC1(C)[C@@H]2CC[C@]1(C)/C(=N/NC(=O)c1ccc(F)c([N+](=O)[O-])c1)C2. The highest BCUT2D eigenvalue weighted by Crippen LogP contribution is 2.63. The van der Waals surface area contributed by atoms with Crippen LogP contribution in [0.1, 0.15) is 50.4 Å². The number of amides is 1. The van der Waals surface area contributed by atoms with Gasteiger partial charge in [0.25, 0.3) is 5.91 Å². The van der Waals surface area contributed by atoms with Gasteiger partial charge in [0.15, 0.2) is 0 Å². The van der Waals surface area contributed by atoms with E-state index in [9.17, 15) is 19.3 Å². The van der Waals surface area contributed by atoms with Crippen LogP contribution in [0, 0.1) is 32.7 Å². The minimum atomic E-state index is -0.967. The fraction of sp³-hybridized carbons (Fsp3) is 0.529. The number of nitro benzene ring substituents is 1. The minimum Gasteiger partial charge on any atom is -0.267 e. The molecular weight excluding hydrogens is 313 g/mol. The molecule has 2 aliphatic carbocycles. The highest BCUT2D eigenvalue weighted by molar-refractivity contribution is 5.98. The van der Waals surface area contributed by atoms with Gasteiger partial charge in [-0.15, -0.1) is 0 Å². The van der Waals surface area contributed by atoms with Crippen LogP contribution in [0.3, 0.4) is 0 Å². The molecule has 2 bridgehead atoms. The van der Waals surface area contributed by atoms with Gasteiger partial charge in [-0.3, -0.25) is 14.9 Å². The average Bonchev–Trinajstić information content (AvgIpc) is 2.85. The Balaban J connectivity index is 1.80. The molecule has 6 nitrogen and oxygen atoms in total. The molecule has 3 rings (SSSR count). The van der Waals surface area contributed by atoms with Crippen molar-refractivity contribution >= 4 is 17.3 Å². The molecule has 1 amide bonds. The molecule has 0 aromatic heterocycles. The van der Waals surface area contributed by atoms with E-state index in [0.717, 1.165) is 30.7 Å². The summed E-state index contributed by atoms with van der Waals surface area (Å²) in [7, 11) is 0. The Bertz CT molecular complexity index is 759. The fourth-order valence-electron chi connectivity index (χ4n) is 4.07. The summed E-state index contributed by atoms with van der Waals surface area (Å²) in [5, 5.41) is 15.1. The molecular formula is C17H20FN3O3. The van der Waals surface area contributed by atoms with E-state index in [2.05, 4.69) is 31.3 Å². The first-order chi connectivity index (χ1) is 11.2. The number of halogens is 1. The number of rotatable bonds is 3. The molecule has 24 heavy (non-hydrogen) atoms.